The zero-order chi connectivity index (χ0) is 9.10. The van der Waals surface area contributed by atoms with Crippen molar-refractivity contribution in [3.63, 3.8) is 0 Å². The van der Waals surface area contributed by atoms with E-state index in [1.54, 1.807) is 0 Å². The van der Waals surface area contributed by atoms with E-state index >= 15 is 0 Å². The van der Waals surface area contributed by atoms with E-state index in [9.17, 15) is 0 Å². The maximum Gasteiger partial charge on any atom is 0.0165 e. The van der Waals surface area contributed by atoms with Gasteiger partial charge >= 0.3 is 0 Å². The maximum atomic E-state index is 5.93. The summed E-state index contributed by atoms with van der Waals surface area (Å²) in [6.45, 7) is 2.55. The van der Waals surface area contributed by atoms with Crippen molar-refractivity contribution >= 4 is 21.6 Å². The van der Waals surface area contributed by atoms with E-state index in [1.165, 1.54) is 43.9 Å². The minimum absolute atomic E-state index is 0.480. The molecule has 1 saturated carbocycles. The van der Waals surface area contributed by atoms with Gasteiger partial charge in [0.2, 0.25) is 0 Å². The van der Waals surface area contributed by atoms with Gasteiger partial charge in [0.1, 0.15) is 0 Å². The molecule has 2 rings (SSSR count). The van der Waals surface area contributed by atoms with Crippen LogP contribution in [0.25, 0.3) is 0 Å². The van der Waals surface area contributed by atoms with Gasteiger partial charge in [0, 0.05) is 36.7 Å². The van der Waals surface area contributed by atoms with Crippen molar-refractivity contribution in [2.75, 3.05) is 24.6 Å². The molecule has 0 bridgehead atoms. The Labute approximate surface area is 88.4 Å². The van der Waals surface area contributed by atoms with Gasteiger partial charge in [-0.05, 0) is 19.3 Å². The topological polar surface area (TPSA) is 29.3 Å². The highest BCUT2D eigenvalue weighted by Gasteiger charge is 2.27. The van der Waals surface area contributed by atoms with Gasteiger partial charge in [-0.25, -0.2) is 0 Å². The van der Waals surface area contributed by atoms with Crippen molar-refractivity contribution < 1.29 is 0 Å². The van der Waals surface area contributed by atoms with Crippen molar-refractivity contribution in [1.82, 2.24) is 4.90 Å². The molecule has 76 valence electrons. The second kappa shape index (κ2) is 4.91. The highest BCUT2D eigenvalue weighted by molar-refractivity contribution is 8.76. The molecular formula is C9H18N2S2. The van der Waals surface area contributed by atoms with Crippen LogP contribution >= 0.6 is 21.6 Å². The van der Waals surface area contributed by atoms with E-state index in [-0.39, 0.29) is 0 Å². The summed E-state index contributed by atoms with van der Waals surface area (Å²) in [4.78, 5) is 2.65. The average Bonchev–Trinajstić information content (AvgIpc) is 2.43. The molecular weight excluding hydrogens is 200 g/mol. The normalized spacial score (nSPS) is 37.6. The Kier molecular flexibility index (Phi) is 3.84. The first-order valence-electron chi connectivity index (χ1n) is 5.10. The Morgan fingerprint density at radius 2 is 1.77 bits per heavy atom. The van der Waals surface area contributed by atoms with Gasteiger partial charge in [-0.3, -0.25) is 4.90 Å². The first kappa shape index (κ1) is 10.1. The lowest BCUT2D eigenvalue weighted by atomic mass is 10.2. The minimum atomic E-state index is 0.480. The molecule has 2 unspecified atom stereocenters. The van der Waals surface area contributed by atoms with Crippen molar-refractivity contribution in [1.29, 1.82) is 0 Å². The fourth-order valence-corrected chi connectivity index (χ4v) is 4.24. The Morgan fingerprint density at radius 3 is 2.31 bits per heavy atom. The number of rotatable bonds is 1. The summed E-state index contributed by atoms with van der Waals surface area (Å²) >= 11 is 0. The van der Waals surface area contributed by atoms with E-state index < -0.39 is 0 Å². The lowest BCUT2D eigenvalue weighted by Gasteiger charge is -2.26. The van der Waals surface area contributed by atoms with Crippen molar-refractivity contribution in [3.8, 4) is 0 Å². The lowest BCUT2D eigenvalue weighted by molar-refractivity contribution is 0.223. The first-order valence-corrected chi connectivity index (χ1v) is 7.59. The quantitative estimate of drug-likeness (QED) is 0.677. The van der Waals surface area contributed by atoms with Crippen molar-refractivity contribution in [2.24, 2.45) is 5.73 Å². The van der Waals surface area contributed by atoms with Crippen LogP contribution in [0.5, 0.6) is 0 Å². The molecule has 2 aliphatic rings. The number of hydrogen-bond acceptors (Lipinski definition) is 4. The van der Waals surface area contributed by atoms with Crippen LogP contribution in [0.2, 0.25) is 0 Å². The molecule has 2 N–H and O–H groups in total. The van der Waals surface area contributed by atoms with Gasteiger partial charge in [-0.15, -0.1) is 0 Å². The smallest absolute Gasteiger partial charge is 0.0165 e. The maximum absolute atomic E-state index is 5.93. The third-order valence-electron chi connectivity index (χ3n) is 2.97. The van der Waals surface area contributed by atoms with Crippen LogP contribution in [0.3, 0.4) is 0 Å². The summed E-state index contributed by atoms with van der Waals surface area (Å²) in [5.74, 6) is 2.58. The van der Waals surface area contributed by atoms with Gasteiger partial charge in [0.25, 0.3) is 0 Å². The third-order valence-corrected chi connectivity index (χ3v) is 5.33. The molecule has 2 nitrogen and oxygen atoms in total. The lowest BCUT2D eigenvalue weighted by Crippen LogP contribution is -2.36. The van der Waals surface area contributed by atoms with Crippen molar-refractivity contribution in [2.45, 2.75) is 31.3 Å². The molecule has 4 heteroatoms. The Bertz CT molecular complexity index is 158. The zero-order valence-corrected chi connectivity index (χ0v) is 9.58. The number of nitrogens with two attached hydrogens (primary N) is 1. The second-order valence-corrected chi connectivity index (χ2v) is 6.61. The molecule has 0 aromatic rings. The predicted octanol–water partition coefficient (Wildman–Crippen LogP) is 1.56. The van der Waals surface area contributed by atoms with Gasteiger partial charge in [-0.2, -0.15) is 0 Å². The monoisotopic (exact) mass is 218 g/mol. The second-order valence-electron chi connectivity index (χ2n) is 3.91. The third kappa shape index (κ3) is 2.78. The number of nitrogens with zero attached hydrogens (tertiary/aromatic N) is 1. The molecule has 2 atom stereocenters. The largest absolute Gasteiger partial charge is 0.328 e. The van der Waals surface area contributed by atoms with Crippen LogP contribution in [-0.4, -0.2) is 41.6 Å². The molecule has 1 aliphatic carbocycles. The molecule has 2 fully saturated rings. The highest BCUT2D eigenvalue weighted by atomic mass is 33.1. The van der Waals surface area contributed by atoms with Crippen LogP contribution in [0.15, 0.2) is 0 Å². The van der Waals surface area contributed by atoms with E-state index in [1.807, 2.05) is 21.6 Å². The molecule has 13 heavy (non-hydrogen) atoms. The zero-order valence-electron chi connectivity index (χ0n) is 7.95. The van der Waals surface area contributed by atoms with Gasteiger partial charge < -0.3 is 5.73 Å². The Morgan fingerprint density at radius 1 is 1.08 bits per heavy atom. The van der Waals surface area contributed by atoms with Crippen molar-refractivity contribution in [3.05, 3.63) is 0 Å². The average molecular weight is 218 g/mol. The Hall–Kier alpha value is 0.620. The predicted molar refractivity (Wildman–Crippen MR) is 62.1 cm³/mol. The molecule has 0 amide bonds. The summed E-state index contributed by atoms with van der Waals surface area (Å²) in [6, 6.07) is 1.28. The van der Waals surface area contributed by atoms with Crippen LogP contribution in [0, 0.1) is 0 Å². The molecule has 1 heterocycles. The highest BCUT2D eigenvalue weighted by Crippen LogP contribution is 2.28. The van der Waals surface area contributed by atoms with Crippen LogP contribution in [0.1, 0.15) is 19.3 Å². The Balaban J connectivity index is 1.84. The van der Waals surface area contributed by atoms with E-state index in [0.29, 0.717) is 6.04 Å². The van der Waals surface area contributed by atoms with Gasteiger partial charge in [0.15, 0.2) is 0 Å². The molecule has 0 radical (unpaired) electrons. The molecule has 0 spiro atoms. The summed E-state index contributed by atoms with van der Waals surface area (Å²) in [6.07, 6.45) is 3.80. The van der Waals surface area contributed by atoms with Crippen LogP contribution in [0.4, 0.5) is 0 Å². The van der Waals surface area contributed by atoms with E-state index in [0.717, 1.165) is 6.04 Å². The summed E-state index contributed by atoms with van der Waals surface area (Å²) in [7, 11) is 4.05. The SMILES string of the molecule is NC1CCC(N2CCSSCC2)C1. The molecule has 1 saturated heterocycles. The van der Waals surface area contributed by atoms with Crippen LogP contribution in [-0.2, 0) is 0 Å². The molecule has 1 aliphatic heterocycles. The summed E-state index contributed by atoms with van der Waals surface area (Å²) < 4.78 is 0. The van der Waals surface area contributed by atoms with E-state index in [2.05, 4.69) is 4.90 Å². The summed E-state index contributed by atoms with van der Waals surface area (Å²) in [5.41, 5.74) is 5.93. The van der Waals surface area contributed by atoms with Gasteiger partial charge in [0.05, 0.1) is 0 Å². The molecule has 0 aromatic heterocycles. The van der Waals surface area contributed by atoms with E-state index in [4.69, 9.17) is 5.73 Å². The molecule has 0 aromatic carbocycles. The standard InChI is InChI=1S/C9H18N2S2/c10-8-1-2-9(7-8)11-3-5-12-13-6-4-11/h8-9H,1-7,10H2. The number of hydrogen-bond donors (Lipinski definition) is 1. The fourth-order valence-electron chi connectivity index (χ4n) is 2.23. The minimum Gasteiger partial charge on any atom is -0.328 e. The van der Waals surface area contributed by atoms with Crippen LogP contribution < -0.4 is 5.73 Å². The summed E-state index contributed by atoms with van der Waals surface area (Å²) in [5, 5.41) is 0. The van der Waals surface area contributed by atoms with Gasteiger partial charge in [-0.1, -0.05) is 21.6 Å². The first-order chi connectivity index (χ1) is 6.36. The fraction of sp³-hybridized carbons (Fsp3) is 1.00.